The van der Waals surface area contributed by atoms with E-state index in [0.717, 1.165) is 0 Å². The number of sulfone groups is 1. The standard InChI is InChI=1S/C15H24N6O5S/c1-19(3-4-20-5-7-27(24,25)8-6-20)12-10-14(26-2)11(18-15(16)17)9-13(12)21(22)23/h9-10H,3-8H2,1-2H3,(H4,16,17,18). The molecule has 1 saturated heterocycles. The third kappa shape index (κ3) is 5.44. The van der Waals surface area contributed by atoms with Gasteiger partial charge in [0.15, 0.2) is 15.8 Å². The summed E-state index contributed by atoms with van der Waals surface area (Å²) < 4.78 is 28.2. The average Bonchev–Trinajstić information content (AvgIpc) is 2.59. The molecule has 0 unspecified atom stereocenters. The van der Waals surface area contributed by atoms with Crippen molar-refractivity contribution in [2.75, 3.05) is 56.7 Å². The predicted molar refractivity (Wildman–Crippen MR) is 103 cm³/mol. The number of guanidine groups is 1. The van der Waals surface area contributed by atoms with Crippen LogP contribution in [0.5, 0.6) is 5.75 Å². The molecule has 0 radical (unpaired) electrons. The Hall–Kier alpha value is -2.60. The van der Waals surface area contributed by atoms with E-state index in [4.69, 9.17) is 16.2 Å². The summed E-state index contributed by atoms with van der Waals surface area (Å²) in [6.45, 7) is 1.99. The third-order valence-corrected chi connectivity index (χ3v) is 5.93. The van der Waals surface area contributed by atoms with E-state index in [0.29, 0.717) is 37.6 Å². The smallest absolute Gasteiger partial charge is 0.294 e. The molecule has 150 valence electrons. The Kier molecular flexibility index (Phi) is 6.44. The van der Waals surface area contributed by atoms with E-state index in [2.05, 4.69) is 4.99 Å². The highest BCUT2D eigenvalue weighted by Gasteiger charge is 2.24. The number of anilines is 1. The lowest BCUT2D eigenvalue weighted by Crippen LogP contribution is -2.43. The molecule has 1 heterocycles. The van der Waals surface area contributed by atoms with Crippen LogP contribution in [0.25, 0.3) is 0 Å². The Morgan fingerprint density at radius 1 is 1.37 bits per heavy atom. The van der Waals surface area contributed by atoms with Crippen LogP contribution in [0.4, 0.5) is 17.1 Å². The van der Waals surface area contributed by atoms with Gasteiger partial charge >= 0.3 is 0 Å². The third-order valence-electron chi connectivity index (χ3n) is 4.32. The van der Waals surface area contributed by atoms with Crippen molar-refractivity contribution in [1.82, 2.24) is 4.90 Å². The number of aliphatic imine (C=N–C) groups is 1. The number of nitro benzene ring substituents is 1. The maximum atomic E-state index is 11.5. The molecule has 1 aliphatic heterocycles. The first kappa shape index (κ1) is 20.7. The normalized spacial score (nSPS) is 16.5. The number of methoxy groups -OCH3 is 1. The summed E-state index contributed by atoms with van der Waals surface area (Å²) in [5, 5.41) is 11.5. The van der Waals surface area contributed by atoms with Gasteiger partial charge in [-0.15, -0.1) is 0 Å². The molecule has 1 aliphatic rings. The molecule has 0 aromatic heterocycles. The largest absolute Gasteiger partial charge is 0.494 e. The lowest BCUT2D eigenvalue weighted by Gasteiger charge is -2.29. The molecule has 0 bridgehead atoms. The SMILES string of the molecule is COc1cc(N(C)CCN2CCS(=O)(=O)CC2)c([N+](=O)[O-])cc1N=C(N)N. The highest BCUT2D eigenvalue weighted by molar-refractivity contribution is 7.91. The molecule has 27 heavy (non-hydrogen) atoms. The second-order valence-corrected chi connectivity index (χ2v) is 8.53. The number of nitrogens with zero attached hydrogens (tertiary/aromatic N) is 4. The molecule has 1 aromatic rings. The lowest BCUT2D eigenvalue weighted by molar-refractivity contribution is -0.384. The zero-order valence-electron chi connectivity index (χ0n) is 15.3. The molecule has 12 heteroatoms. The number of ether oxygens (including phenoxy) is 1. The summed E-state index contributed by atoms with van der Waals surface area (Å²) in [5.74, 6) is 0.346. The second-order valence-electron chi connectivity index (χ2n) is 6.22. The van der Waals surface area contributed by atoms with Crippen molar-refractivity contribution in [2.24, 2.45) is 16.5 Å². The minimum absolute atomic E-state index is 0.137. The molecule has 0 aliphatic carbocycles. The van der Waals surface area contributed by atoms with Gasteiger partial charge in [-0.3, -0.25) is 15.0 Å². The zero-order valence-corrected chi connectivity index (χ0v) is 16.1. The summed E-state index contributed by atoms with van der Waals surface area (Å²) in [6, 6.07) is 2.78. The second kappa shape index (κ2) is 8.39. The van der Waals surface area contributed by atoms with E-state index in [1.54, 1.807) is 11.9 Å². The van der Waals surface area contributed by atoms with Crippen molar-refractivity contribution in [2.45, 2.75) is 0 Å². The molecule has 0 amide bonds. The first-order valence-electron chi connectivity index (χ1n) is 8.23. The van der Waals surface area contributed by atoms with Crippen LogP contribution < -0.4 is 21.1 Å². The van der Waals surface area contributed by atoms with Gasteiger partial charge < -0.3 is 21.1 Å². The number of hydrogen-bond donors (Lipinski definition) is 2. The molecule has 4 N–H and O–H groups in total. The van der Waals surface area contributed by atoms with Crippen molar-refractivity contribution < 1.29 is 18.1 Å². The number of rotatable bonds is 7. The van der Waals surface area contributed by atoms with Crippen LogP contribution in [-0.4, -0.2) is 76.0 Å². The Bertz CT molecular complexity index is 823. The number of benzene rings is 1. The van der Waals surface area contributed by atoms with Crippen molar-refractivity contribution in [3.8, 4) is 5.75 Å². The fourth-order valence-electron chi connectivity index (χ4n) is 2.77. The van der Waals surface area contributed by atoms with E-state index < -0.39 is 14.8 Å². The van der Waals surface area contributed by atoms with E-state index in [1.807, 2.05) is 4.90 Å². The van der Waals surface area contributed by atoms with Gasteiger partial charge in [0.1, 0.15) is 17.1 Å². The molecule has 0 spiro atoms. The zero-order chi connectivity index (χ0) is 20.2. The Morgan fingerprint density at radius 2 is 2.00 bits per heavy atom. The van der Waals surface area contributed by atoms with Gasteiger partial charge in [-0.2, -0.15) is 0 Å². The van der Waals surface area contributed by atoms with Crippen molar-refractivity contribution in [1.29, 1.82) is 0 Å². The maximum absolute atomic E-state index is 11.5. The monoisotopic (exact) mass is 400 g/mol. The molecule has 0 atom stereocenters. The fraction of sp³-hybridized carbons (Fsp3) is 0.533. The van der Waals surface area contributed by atoms with Crippen molar-refractivity contribution in [3.63, 3.8) is 0 Å². The Balaban J connectivity index is 2.20. The van der Waals surface area contributed by atoms with Crippen molar-refractivity contribution >= 4 is 32.9 Å². The summed E-state index contributed by atoms with van der Waals surface area (Å²) in [5.41, 5.74) is 11.1. The van der Waals surface area contributed by atoms with E-state index in [-0.39, 0.29) is 28.8 Å². The van der Waals surface area contributed by atoms with Gasteiger partial charge in [0.25, 0.3) is 5.69 Å². The molecular formula is C15H24N6O5S. The van der Waals surface area contributed by atoms with Gasteiger partial charge in [-0.05, 0) is 0 Å². The first-order valence-corrected chi connectivity index (χ1v) is 10.0. The van der Waals surface area contributed by atoms with Crippen LogP contribution in [0.2, 0.25) is 0 Å². The molecular weight excluding hydrogens is 376 g/mol. The number of likely N-dealkylation sites (N-methyl/N-ethyl adjacent to an activating group) is 1. The van der Waals surface area contributed by atoms with E-state index in [9.17, 15) is 18.5 Å². The molecule has 0 saturated carbocycles. The summed E-state index contributed by atoms with van der Waals surface area (Å²) in [4.78, 5) is 18.6. The molecule has 1 fully saturated rings. The summed E-state index contributed by atoms with van der Waals surface area (Å²) in [6.07, 6.45) is 0. The lowest BCUT2D eigenvalue weighted by atomic mass is 10.2. The Morgan fingerprint density at radius 3 is 2.52 bits per heavy atom. The van der Waals surface area contributed by atoms with Gasteiger partial charge in [0.05, 0.1) is 23.5 Å². The van der Waals surface area contributed by atoms with Gasteiger partial charge in [-0.1, -0.05) is 0 Å². The van der Waals surface area contributed by atoms with Crippen LogP contribution in [0, 0.1) is 10.1 Å². The molecule has 1 aromatic carbocycles. The fourth-order valence-corrected chi connectivity index (χ4v) is 4.05. The molecule has 11 nitrogen and oxygen atoms in total. The van der Waals surface area contributed by atoms with Crippen LogP contribution >= 0.6 is 0 Å². The topological polar surface area (TPSA) is 157 Å². The van der Waals surface area contributed by atoms with Crippen LogP contribution in [0.1, 0.15) is 0 Å². The van der Waals surface area contributed by atoms with Gasteiger partial charge in [0.2, 0.25) is 0 Å². The minimum Gasteiger partial charge on any atom is -0.494 e. The van der Waals surface area contributed by atoms with Crippen LogP contribution in [0.3, 0.4) is 0 Å². The summed E-state index contributed by atoms with van der Waals surface area (Å²) >= 11 is 0. The summed E-state index contributed by atoms with van der Waals surface area (Å²) in [7, 11) is 0.204. The van der Waals surface area contributed by atoms with Crippen LogP contribution in [-0.2, 0) is 9.84 Å². The van der Waals surface area contributed by atoms with E-state index in [1.165, 1.54) is 19.2 Å². The quantitative estimate of drug-likeness (QED) is 0.271. The predicted octanol–water partition coefficient (Wildman–Crippen LogP) is -0.325. The minimum atomic E-state index is -2.94. The number of nitrogens with two attached hydrogens (primary N) is 2. The van der Waals surface area contributed by atoms with Gasteiger partial charge in [-0.25, -0.2) is 13.4 Å². The number of nitro groups is 1. The highest BCUT2D eigenvalue weighted by Crippen LogP contribution is 2.39. The van der Waals surface area contributed by atoms with Crippen LogP contribution in [0.15, 0.2) is 17.1 Å². The first-order chi connectivity index (χ1) is 12.6. The molecule has 2 rings (SSSR count). The Labute approximate surface area is 157 Å². The maximum Gasteiger partial charge on any atom is 0.294 e. The van der Waals surface area contributed by atoms with Crippen molar-refractivity contribution in [3.05, 3.63) is 22.2 Å². The van der Waals surface area contributed by atoms with E-state index >= 15 is 0 Å². The average molecular weight is 400 g/mol. The number of hydrogen-bond acceptors (Lipinski definition) is 8. The van der Waals surface area contributed by atoms with Gasteiger partial charge in [0, 0.05) is 45.4 Å². The highest BCUT2D eigenvalue weighted by atomic mass is 32.2.